The summed E-state index contributed by atoms with van der Waals surface area (Å²) in [4.78, 5) is 6.04. The lowest BCUT2D eigenvalue weighted by atomic mass is 10.1. The maximum Gasteiger partial charge on any atom is 0.229 e. The molecule has 0 amide bonds. The first-order valence-corrected chi connectivity index (χ1v) is 8.46. The molecule has 0 atom stereocenters. The number of rotatable bonds is 4. The third-order valence-corrected chi connectivity index (χ3v) is 4.55. The molecule has 2 N–H and O–H groups in total. The van der Waals surface area contributed by atoms with Crippen LogP contribution in [0, 0.1) is 0 Å². The number of thiocarbonyl (C=S) groups is 1. The molecule has 3 rings (SSSR count). The van der Waals surface area contributed by atoms with Crippen molar-refractivity contribution in [3.05, 3.63) is 47.2 Å². The molecule has 108 valence electrons. The predicted molar refractivity (Wildman–Crippen MR) is 90.4 cm³/mol. The Hall–Kier alpha value is -1.59. The standard InChI is InChI=1S/C16H16N2OS2/c1-21-14-8-3-2-7-13(14)19-16-11(15(17)20)9-10-5-4-6-12(10)18-16/h2-3,7-9H,4-6H2,1H3,(H2,17,20). The van der Waals surface area contributed by atoms with Crippen molar-refractivity contribution in [2.45, 2.75) is 24.2 Å². The zero-order chi connectivity index (χ0) is 14.8. The maximum atomic E-state index is 6.02. The van der Waals surface area contributed by atoms with Crippen molar-refractivity contribution in [3.63, 3.8) is 0 Å². The molecule has 0 fully saturated rings. The lowest BCUT2D eigenvalue weighted by Gasteiger charge is -2.13. The van der Waals surface area contributed by atoms with Gasteiger partial charge in [0.25, 0.3) is 0 Å². The largest absolute Gasteiger partial charge is 0.437 e. The number of hydrogen-bond donors (Lipinski definition) is 1. The van der Waals surface area contributed by atoms with Crippen molar-refractivity contribution in [3.8, 4) is 11.6 Å². The van der Waals surface area contributed by atoms with Crippen LogP contribution >= 0.6 is 24.0 Å². The summed E-state index contributed by atoms with van der Waals surface area (Å²) in [7, 11) is 0. The number of aromatic nitrogens is 1. The van der Waals surface area contributed by atoms with Gasteiger partial charge in [-0.2, -0.15) is 0 Å². The number of para-hydroxylation sites is 1. The van der Waals surface area contributed by atoms with Crippen LogP contribution in [-0.2, 0) is 12.8 Å². The van der Waals surface area contributed by atoms with Gasteiger partial charge in [0.2, 0.25) is 5.88 Å². The van der Waals surface area contributed by atoms with Gasteiger partial charge >= 0.3 is 0 Å². The SMILES string of the molecule is CSc1ccccc1Oc1nc2c(cc1C(N)=S)CCC2. The van der Waals surface area contributed by atoms with Crippen LogP contribution in [-0.4, -0.2) is 16.2 Å². The van der Waals surface area contributed by atoms with Crippen LogP contribution in [0.25, 0.3) is 0 Å². The Kier molecular flexibility index (Phi) is 4.12. The summed E-state index contributed by atoms with van der Waals surface area (Å²) in [6, 6.07) is 9.93. The van der Waals surface area contributed by atoms with Gasteiger partial charge in [-0.05, 0) is 49.3 Å². The minimum Gasteiger partial charge on any atom is -0.437 e. The average Bonchev–Trinajstić information content (AvgIpc) is 2.94. The zero-order valence-electron chi connectivity index (χ0n) is 11.8. The molecule has 0 spiro atoms. The fraction of sp³-hybridized carbons (Fsp3) is 0.250. The van der Waals surface area contributed by atoms with Crippen LogP contribution in [0.4, 0.5) is 0 Å². The van der Waals surface area contributed by atoms with Crippen LogP contribution < -0.4 is 10.5 Å². The number of hydrogen-bond acceptors (Lipinski definition) is 4. The first kappa shape index (κ1) is 14.4. The highest BCUT2D eigenvalue weighted by atomic mass is 32.2. The number of pyridine rings is 1. The van der Waals surface area contributed by atoms with Crippen molar-refractivity contribution >= 4 is 29.0 Å². The monoisotopic (exact) mass is 316 g/mol. The van der Waals surface area contributed by atoms with Crippen LogP contribution in [0.3, 0.4) is 0 Å². The molecule has 1 aliphatic rings. The zero-order valence-corrected chi connectivity index (χ0v) is 13.4. The summed E-state index contributed by atoms with van der Waals surface area (Å²) in [6.45, 7) is 0. The summed E-state index contributed by atoms with van der Waals surface area (Å²) in [5, 5.41) is 0. The molecule has 1 aromatic carbocycles. The average molecular weight is 316 g/mol. The van der Waals surface area contributed by atoms with Crippen molar-refractivity contribution < 1.29 is 4.74 Å². The molecule has 0 radical (unpaired) electrons. The third-order valence-electron chi connectivity index (χ3n) is 3.56. The Morgan fingerprint density at radius 2 is 2.14 bits per heavy atom. The molecule has 21 heavy (non-hydrogen) atoms. The van der Waals surface area contributed by atoms with Gasteiger partial charge in [-0.25, -0.2) is 4.98 Å². The topological polar surface area (TPSA) is 48.1 Å². The van der Waals surface area contributed by atoms with E-state index in [2.05, 4.69) is 4.98 Å². The van der Waals surface area contributed by atoms with Crippen LogP contribution in [0.1, 0.15) is 23.2 Å². The van der Waals surface area contributed by atoms with Crippen molar-refractivity contribution in [2.75, 3.05) is 6.26 Å². The molecule has 0 saturated heterocycles. The molecule has 0 saturated carbocycles. The van der Waals surface area contributed by atoms with Gasteiger partial charge in [-0.15, -0.1) is 11.8 Å². The lowest BCUT2D eigenvalue weighted by molar-refractivity contribution is 0.449. The summed E-state index contributed by atoms with van der Waals surface area (Å²) >= 11 is 6.79. The molecule has 1 heterocycles. The number of nitrogens with zero attached hydrogens (tertiary/aromatic N) is 1. The van der Waals surface area contributed by atoms with Gasteiger partial charge < -0.3 is 10.5 Å². The molecule has 3 nitrogen and oxygen atoms in total. The van der Waals surface area contributed by atoms with E-state index in [1.165, 1.54) is 5.56 Å². The van der Waals surface area contributed by atoms with Crippen molar-refractivity contribution in [1.82, 2.24) is 4.98 Å². The van der Waals surface area contributed by atoms with Crippen LogP contribution in [0.15, 0.2) is 35.2 Å². The van der Waals surface area contributed by atoms with Gasteiger partial charge in [0.1, 0.15) is 10.7 Å². The van der Waals surface area contributed by atoms with E-state index in [1.807, 2.05) is 36.6 Å². The number of nitrogens with two attached hydrogens (primary N) is 1. The highest BCUT2D eigenvalue weighted by molar-refractivity contribution is 7.98. The van der Waals surface area contributed by atoms with Gasteiger partial charge in [0, 0.05) is 10.6 Å². The predicted octanol–water partition coefficient (Wildman–Crippen LogP) is 3.72. The molecule has 5 heteroatoms. The quantitative estimate of drug-likeness (QED) is 0.688. The normalized spacial score (nSPS) is 13.0. The van der Waals surface area contributed by atoms with E-state index in [4.69, 9.17) is 22.7 Å². The first-order chi connectivity index (χ1) is 10.2. The number of benzene rings is 1. The first-order valence-electron chi connectivity index (χ1n) is 6.82. The van der Waals surface area contributed by atoms with E-state index < -0.39 is 0 Å². The molecular formula is C16H16N2OS2. The Morgan fingerprint density at radius 3 is 2.90 bits per heavy atom. The lowest BCUT2D eigenvalue weighted by Crippen LogP contribution is -2.13. The van der Waals surface area contributed by atoms with E-state index in [1.54, 1.807) is 11.8 Å². The fourth-order valence-electron chi connectivity index (χ4n) is 2.51. The smallest absolute Gasteiger partial charge is 0.229 e. The number of fused-ring (bicyclic) bond motifs is 1. The Balaban J connectivity index is 2.03. The summed E-state index contributed by atoms with van der Waals surface area (Å²) in [6.07, 6.45) is 5.18. The second-order valence-electron chi connectivity index (χ2n) is 4.92. The Morgan fingerprint density at radius 1 is 1.33 bits per heavy atom. The molecular weight excluding hydrogens is 300 g/mol. The van der Waals surface area contributed by atoms with E-state index in [9.17, 15) is 0 Å². The van der Waals surface area contributed by atoms with Crippen molar-refractivity contribution in [1.29, 1.82) is 0 Å². The van der Waals surface area contributed by atoms with Crippen LogP contribution in [0.2, 0.25) is 0 Å². The number of aryl methyl sites for hydroxylation is 2. The van der Waals surface area contributed by atoms with E-state index >= 15 is 0 Å². The van der Waals surface area contributed by atoms with E-state index in [-0.39, 0.29) is 0 Å². The number of ether oxygens (including phenoxy) is 1. The van der Waals surface area contributed by atoms with Gasteiger partial charge in [-0.3, -0.25) is 0 Å². The Bertz CT molecular complexity index is 701. The maximum absolute atomic E-state index is 6.02. The third kappa shape index (κ3) is 2.89. The minimum absolute atomic E-state index is 0.328. The summed E-state index contributed by atoms with van der Waals surface area (Å²) in [5.41, 5.74) is 8.91. The summed E-state index contributed by atoms with van der Waals surface area (Å²) in [5.74, 6) is 1.30. The molecule has 1 aliphatic carbocycles. The van der Waals surface area contributed by atoms with E-state index in [0.29, 0.717) is 10.9 Å². The van der Waals surface area contributed by atoms with Gasteiger partial charge in [-0.1, -0.05) is 24.4 Å². The summed E-state index contributed by atoms with van der Waals surface area (Å²) < 4.78 is 6.02. The fourth-order valence-corrected chi connectivity index (χ4v) is 3.19. The highest BCUT2D eigenvalue weighted by Crippen LogP contribution is 2.34. The Labute approximate surface area is 133 Å². The molecule has 1 aromatic heterocycles. The van der Waals surface area contributed by atoms with Gasteiger partial charge in [0.15, 0.2) is 0 Å². The van der Waals surface area contributed by atoms with Gasteiger partial charge in [0.05, 0.1) is 5.56 Å². The molecule has 0 aliphatic heterocycles. The molecule has 2 aromatic rings. The highest BCUT2D eigenvalue weighted by Gasteiger charge is 2.19. The van der Waals surface area contributed by atoms with Crippen molar-refractivity contribution in [2.24, 2.45) is 5.73 Å². The second kappa shape index (κ2) is 6.03. The van der Waals surface area contributed by atoms with Crippen LogP contribution in [0.5, 0.6) is 11.6 Å². The molecule has 0 bridgehead atoms. The molecule has 0 unspecified atom stereocenters. The minimum atomic E-state index is 0.328. The van der Waals surface area contributed by atoms with E-state index in [0.717, 1.165) is 41.2 Å². The second-order valence-corrected chi connectivity index (χ2v) is 6.21. The number of thioether (sulfide) groups is 1.